The lowest BCUT2D eigenvalue weighted by molar-refractivity contribution is 0.0691. The van der Waals surface area contributed by atoms with Crippen LogP contribution in [-0.2, 0) is 6.61 Å². The first-order chi connectivity index (χ1) is 8.16. The van der Waals surface area contributed by atoms with Crippen LogP contribution in [0.15, 0.2) is 29.8 Å². The highest BCUT2D eigenvalue weighted by molar-refractivity contribution is 7.09. The fraction of sp³-hybridized carbons (Fsp3) is 0.0909. The summed E-state index contributed by atoms with van der Waals surface area (Å²) < 4.78 is 18.2. The van der Waals surface area contributed by atoms with Gasteiger partial charge in [0.25, 0.3) is 0 Å². The zero-order valence-corrected chi connectivity index (χ0v) is 9.41. The maximum absolute atomic E-state index is 13.0. The van der Waals surface area contributed by atoms with Crippen LogP contribution in [0.25, 0.3) is 0 Å². The Morgan fingerprint density at radius 1 is 1.53 bits per heavy atom. The molecule has 0 saturated carbocycles. The molecule has 0 radical (unpaired) electrons. The molecule has 0 aliphatic rings. The largest absolute Gasteiger partial charge is 0.485 e. The van der Waals surface area contributed by atoms with E-state index in [9.17, 15) is 9.18 Å². The molecule has 2 rings (SSSR count). The summed E-state index contributed by atoms with van der Waals surface area (Å²) in [5, 5.41) is 11.4. The summed E-state index contributed by atoms with van der Waals surface area (Å²) in [6, 6.07) is 3.31. The normalized spacial score (nSPS) is 10.2. The SMILES string of the molecule is O=C(O)c1ccc(F)cc1OCc1nccs1. The lowest BCUT2D eigenvalue weighted by Crippen LogP contribution is -2.03. The lowest BCUT2D eigenvalue weighted by Gasteiger charge is -2.07. The third-order valence-electron chi connectivity index (χ3n) is 2.01. The summed E-state index contributed by atoms with van der Waals surface area (Å²) >= 11 is 1.38. The Morgan fingerprint density at radius 2 is 2.35 bits per heavy atom. The van der Waals surface area contributed by atoms with Crippen molar-refractivity contribution < 1.29 is 19.0 Å². The fourth-order valence-corrected chi connectivity index (χ4v) is 1.78. The lowest BCUT2D eigenvalue weighted by atomic mass is 10.2. The monoisotopic (exact) mass is 253 g/mol. The molecule has 0 aliphatic heterocycles. The zero-order valence-electron chi connectivity index (χ0n) is 8.59. The molecule has 1 aromatic carbocycles. The third kappa shape index (κ3) is 2.79. The second-order valence-corrected chi connectivity index (χ2v) is 4.14. The number of thiazole rings is 1. The number of carboxylic acids is 1. The molecule has 1 aromatic heterocycles. The molecule has 0 saturated heterocycles. The van der Waals surface area contributed by atoms with E-state index in [0.717, 1.165) is 12.1 Å². The molecule has 1 N–H and O–H groups in total. The van der Waals surface area contributed by atoms with Crippen molar-refractivity contribution in [1.82, 2.24) is 4.98 Å². The van der Waals surface area contributed by atoms with E-state index < -0.39 is 11.8 Å². The first-order valence-corrected chi connectivity index (χ1v) is 5.59. The van der Waals surface area contributed by atoms with Gasteiger partial charge >= 0.3 is 5.97 Å². The smallest absolute Gasteiger partial charge is 0.339 e. The highest BCUT2D eigenvalue weighted by Crippen LogP contribution is 2.21. The van der Waals surface area contributed by atoms with Gasteiger partial charge in [-0.15, -0.1) is 11.3 Å². The van der Waals surface area contributed by atoms with Crippen LogP contribution in [0.2, 0.25) is 0 Å². The van der Waals surface area contributed by atoms with Crippen LogP contribution in [0.4, 0.5) is 4.39 Å². The Morgan fingerprint density at radius 3 is 3.00 bits per heavy atom. The average molecular weight is 253 g/mol. The van der Waals surface area contributed by atoms with Gasteiger partial charge in [-0.05, 0) is 12.1 Å². The van der Waals surface area contributed by atoms with E-state index in [0.29, 0.717) is 5.01 Å². The number of aromatic carboxylic acids is 1. The van der Waals surface area contributed by atoms with Crippen LogP contribution in [0.5, 0.6) is 5.75 Å². The van der Waals surface area contributed by atoms with Gasteiger partial charge < -0.3 is 9.84 Å². The molecule has 0 unspecified atom stereocenters. The summed E-state index contributed by atoms with van der Waals surface area (Å²) in [6.45, 7) is 0.126. The number of carboxylic acid groups (broad SMARTS) is 1. The van der Waals surface area contributed by atoms with Crippen molar-refractivity contribution in [3.8, 4) is 5.75 Å². The van der Waals surface area contributed by atoms with Gasteiger partial charge in [0, 0.05) is 17.6 Å². The topological polar surface area (TPSA) is 59.4 Å². The van der Waals surface area contributed by atoms with Crippen molar-refractivity contribution in [3.63, 3.8) is 0 Å². The second kappa shape index (κ2) is 4.92. The Bertz CT molecular complexity index is 528. The fourth-order valence-electron chi connectivity index (χ4n) is 1.26. The molecule has 0 atom stereocenters. The maximum Gasteiger partial charge on any atom is 0.339 e. The minimum Gasteiger partial charge on any atom is -0.485 e. The molecular formula is C11H8FNO3S. The van der Waals surface area contributed by atoms with E-state index in [1.54, 1.807) is 11.6 Å². The van der Waals surface area contributed by atoms with Crippen molar-refractivity contribution in [2.24, 2.45) is 0 Å². The van der Waals surface area contributed by atoms with Crippen molar-refractivity contribution >= 4 is 17.3 Å². The first-order valence-electron chi connectivity index (χ1n) is 4.71. The van der Waals surface area contributed by atoms with Gasteiger partial charge in [-0.3, -0.25) is 0 Å². The van der Waals surface area contributed by atoms with Crippen molar-refractivity contribution in [1.29, 1.82) is 0 Å². The van der Waals surface area contributed by atoms with Crippen LogP contribution in [0, 0.1) is 5.82 Å². The molecule has 1 heterocycles. The number of carbonyl (C=O) groups is 1. The summed E-state index contributed by atoms with van der Waals surface area (Å²) in [7, 11) is 0. The van der Waals surface area contributed by atoms with Gasteiger partial charge in [0.15, 0.2) is 0 Å². The Hall–Kier alpha value is -1.95. The second-order valence-electron chi connectivity index (χ2n) is 3.16. The van der Waals surface area contributed by atoms with E-state index in [4.69, 9.17) is 9.84 Å². The van der Waals surface area contributed by atoms with Crippen LogP contribution in [0.3, 0.4) is 0 Å². The van der Waals surface area contributed by atoms with E-state index in [2.05, 4.69) is 4.98 Å². The number of rotatable bonds is 4. The number of hydrogen-bond acceptors (Lipinski definition) is 4. The molecule has 17 heavy (non-hydrogen) atoms. The molecule has 0 amide bonds. The summed E-state index contributed by atoms with van der Waals surface area (Å²) in [6.07, 6.45) is 1.62. The van der Waals surface area contributed by atoms with Gasteiger partial charge in [0.2, 0.25) is 0 Å². The molecule has 0 spiro atoms. The predicted molar refractivity (Wildman–Crippen MR) is 59.8 cm³/mol. The van der Waals surface area contributed by atoms with Gasteiger partial charge in [0.1, 0.15) is 28.7 Å². The number of ether oxygens (including phenoxy) is 1. The zero-order chi connectivity index (χ0) is 12.3. The van der Waals surface area contributed by atoms with Crippen LogP contribution < -0.4 is 4.74 Å². The van der Waals surface area contributed by atoms with Gasteiger partial charge in [0.05, 0.1) is 0 Å². The van der Waals surface area contributed by atoms with E-state index >= 15 is 0 Å². The third-order valence-corrected chi connectivity index (χ3v) is 2.76. The summed E-state index contributed by atoms with van der Waals surface area (Å²) in [5.41, 5.74) is -0.0667. The van der Waals surface area contributed by atoms with Crippen LogP contribution >= 0.6 is 11.3 Å². The van der Waals surface area contributed by atoms with Crippen LogP contribution in [-0.4, -0.2) is 16.1 Å². The number of hydrogen-bond donors (Lipinski definition) is 1. The highest BCUT2D eigenvalue weighted by Gasteiger charge is 2.12. The molecular weight excluding hydrogens is 245 g/mol. The molecule has 0 aliphatic carbocycles. The van der Waals surface area contributed by atoms with Gasteiger partial charge in [-0.25, -0.2) is 14.2 Å². The highest BCUT2D eigenvalue weighted by atomic mass is 32.1. The number of nitrogens with zero attached hydrogens (tertiary/aromatic N) is 1. The first kappa shape index (κ1) is 11.5. The van der Waals surface area contributed by atoms with E-state index in [-0.39, 0.29) is 17.9 Å². The standard InChI is InChI=1S/C11H8FNO3S/c12-7-1-2-8(11(14)15)9(5-7)16-6-10-13-3-4-17-10/h1-5H,6H2,(H,14,15). The number of benzene rings is 1. The Balaban J connectivity index is 2.19. The molecule has 2 aromatic rings. The average Bonchev–Trinajstić information content (AvgIpc) is 2.78. The minimum atomic E-state index is -1.15. The summed E-state index contributed by atoms with van der Waals surface area (Å²) in [4.78, 5) is 14.9. The van der Waals surface area contributed by atoms with Crippen LogP contribution in [0.1, 0.15) is 15.4 Å². The predicted octanol–water partition coefficient (Wildman–Crippen LogP) is 2.56. The minimum absolute atomic E-state index is 0.00713. The molecule has 0 bridgehead atoms. The number of aromatic nitrogens is 1. The van der Waals surface area contributed by atoms with Crippen molar-refractivity contribution in [2.45, 2.75) is 6.61 Å². The van der Waals surface area contributed by atoms with Gasteiger partial charge in [-0.1, -0.05) is 0 Å². The van der Waals surface area contributed by atoms with E-state index in [1.807, 2.05) is 0 Å². The summed E-state index contributed by atoms with van der Waals surface area (Å²) in [5.74, 6) is -1.68. The molecule has 0 fully saturated rings. The Kier molecular flexibility index (Phi) is 3.34. The van der Waals surface area contributed by atoms with E-state index in [1.165, 1.54) is 17.4 Å². The van der Waals surface area contributed by atoms with Gasteiger partial charge in [-0.2, -0.15) is 0 Å². The van der Waals surface area contributed by atoms with Crippen molar-refractivity contribution in [3.05, 3.63) is 46.2 Å². The number of halogens is 1. The Labute approximate surface area is 100 Å². The molecule has 88 valence electrons. The van der Waals surface area contributed by atoms with Crippen molar-refractivity contribution in [2.75, 3.05) is 0 Å². The maximum atomic E-state index is 13.0. The molecule has 6 heteroatoms. The molecule has 4 nitrogen and oxygen atoms in total. The quantitative estimate of drug-likeness (QED) is 0.909.